The molecule has 0 spiro atoms. The van der Waals surface area contributed by atoms with Crippen LogP contribution >= 0.6 is 11.6 Å². The molecule has 1 rings (SSSR count). The molecule has 0 aliphatic carbocycles. The number of carbonyl (C=O) groups excluding carboxylic acids is 1. The molecule has 0 fully saturated rings. The maximum atomic E-state index is 12.2. The van der Waals surface area contributed by atoms with Crippen LogP contribution in [0.3, 0.4) is 0 Å². The van der Waals surface area contributed by atoms with Gasteiger partial charge in [0, 0.05) is 11.8 Å². The minimum Gasteiger partial charge on any atom is -0.480 e. The number of halogens is 1. The maximum Gasteiger partial charge on any atom is 0.321 e. The molecule has 0 radical (unpaired) electrons. The van der Waals surface area contributed by atoms with Crippen molar-refractivity contribution in [2.45, 2.75) is 83.6 Å². The van der Waals surface area contributed by atoms with E-state index in [4.69, 9.17) is 11.6 Å². The molecular weight excluding hydrogens is 422 g/mol. The van der Waals surface area contributed by atoms with Crippen LogP contribution in [0.1, 0.15) is 77.6 Å². The predicted molar refractivity (Wildman–Crippen MR) is 123 cm³/mol. The lowest BCUT2D eigenvalue weighted by Gasteiger charge is -2.14. The molecule has 0 bridgehead atoms. The van der Waals surface area contributed by atoms with Gasteiger partial charge in [0.15, 0.2) is 0 Å². The van der Waals surface area contributed by atoms with Crippen molar-refractivity contribution in [2.75, 3.05) is 11.9 Å². The van der Waals surface area contributed by atoms with E-state index in [-0.39, 0.29) is 22.8 Å². The summed E-state index contributed by atoms with van der Waals surface area (Å²) in [6, 6.07) is 2.88. The van der Waals surface area contributed by atoms with Crippen molar-refractivity contribution in [2.24, 2.45) is 0 Å². The number of carboxylic acid groups (broad SMARTS) is 1. The average molecular weight is 456 g/mol. The first-order valence-corrected chi connectivity index (χ1v) is 11.4. The van der Waals surface area contributed by atoms with Crippen molar-refractivity contribution in [1.82, 2.24) is 5.32 Å². The van der Waals surface area contributed by atoms with Crippen LogP contribution in [0.25, 0.3) is 0 Å². The number of nitro groups is 1. The molecule has 174 valence electrons. The first-order chi connectivity index (χ1) is 14.8. The summed E-state index contributed by atoms with van der Waals surface area (Å²) in [7, 11) is 0. The number of nitrogens with zero attached hydrogens (tertiary/aromatic N) is 1. The molecule has 0 saturated heterocycles. The summed E-state index contributed by atoms with van der Waals surface area (Å²) in [5.74, 6) is -1.65. The van der Waals surface area contributed by atoms with Crippen LogP contribution in [0.5, 0.6) is 0 Å². The molecule has 0 aliphatic rings. The van der Waals surface area contributed by atoms with Gasteiger partial charge in [-0.15, -0.1) is 0 Å². The number of amides is 1. The van der Waals surface area contributed by atoms with Gasteiger partial charge in [-0.05, 0) is 25.1 Å². The first-order valence-electron chi connectivity index (χ1n) is 11.0. The fourth-order valence-electron chi connectivity index (χ4n) is 3.26. The number of benzene rings is 1. The third-order valence-corrected chi connectivity index (χ3v) is 5.35. The summed E-state index contributed by atoms with van der Waals surface area (Å²) in [5.41, 5.74) is -0.131. The molecule has 1 amide bonds. The van der Waals surface area contributed by atoms with Crippen LogP contribution in [0, 0.1) is 10.1 Å². The minimum atomic E-state index is -1.11. The van der Waals surface area contributed by atoms with Crippen molar-refractivity contribution < 1.29 is 19.6 Å². The normalized spacial score (nSPS) is 11.8. The standard InChI is InChI=1S/C22H34ClN3O5/c1-2-3-4-5-6-7-8-9-10-11-14-24-19(22(28)29)16-21(27)25-17-12-13-18(23)20(15-17)26(30)31/h12-13,15,19,24H,2-11,14,16H2,1H3,(H,25,27)(H,28,29). The monoisotopic (exact) mass is 455 g/mol. The van der Waals surface area contributed by atoms with Crippen LogP contribution in [-0.2, 0) is 9.59 Å². The van der Waals surface area contributed by atoms with E-state index in [0.29, 0.717) is 6.54 Å². The number of rotatable bonds is 17. The van der Waals surface area contributed by atoms with E-state index >= 15 is 0 Å². The zero-order valence-electron chi connectivity index (χ0n) is 18.2. The van der Waals surface area contributed by atoms with Crippen molar-refractivity contribution >= 4 is 34.9 Å². The van der Waals surface area contributed by atoms with E-state index < -0.39 is 22.8 Å². The molecule has 9 heteroatoms. The third kappa shape index (κ3) is 11.7. The number of hydrogen-bond donors (Lipinski definition) is 3. The van der Waals surface area contributed by atoms with E-state index in [0.717, 1.165) is 25.3 Å². The Labute approximate surface area is 188 Å². The molecule has 0 heterocycles. The topological polar surface area (TPSA) is 122 Å². The van der Waals surface area contributed by atoms with Gasteiger partial charge in [0.25, 0.3) is 5.69 Å². The number of aliphatic carboxylic acids is 1. The average Bonchev–Trinajstić information content (AvgIpc) is 2.72. The van der Waals surface area contributed by atoms with Gasteiger partial charge in [0.1, 0.15) is 11.1 Å². The number of carboxylic acids is 1. The van der Waals surface area contributed by atoms with Gasteiger partial charge in [-0.25, -0.2) is 0 Å². The predicted octanol–water partition coefficient (Wildman–Crippen LogP) is 5.54. The molecular formula is C22H34ClN3O5. The number of anilines is 1. The highest BCUT2D eigenvalue weighted by atomic mass is 35.5. The van der Waals surface area contributed by atoms with Crippen molar-refractivity contribution in [3.8, 4) is 0 Å². The highest BCUT2D eigenvalue weighted by Gasteiger charge is 2.21. The van der Waals surface area contributed by atoms with Gasteiger partial charge >= 0.3 is 5.97 Å². The van der Waals surface area contributed by atoms with Gasteiger partial charge in [0.05, 0.1) is 11.3 Å². The number of nitrogens with one attached hydrogen (secondary N) is 2. The molecule has 1 aromatic carbocycles. The SMILES string of the molecule is CCCCCCCCCCCCNC(CC(=O)Nc1ccc(Cl)c([N+](=O)[O-])c1)C(=O)O. The van der Waals surface area contributed by atoms with Gasteiger partial charge < -0.3 is 15.7 Å². The molecule has 8 nitrogen and oxygen atoms in total. The Balaban J connectivity index is 2.29. The Morgan fingerprint density at radius 2 is 1.65 bits per heavy atom. The summed E-state index contributed by atoms with van der Waals surface area (Å²) in [6.45, 7) is 2.73. The Hall–Kier alpha value is -2.19. The Morgan fingerprint density at radius 3 is 2.19 bits per heavy atom. The largest absolute Gasteiger partial charge is 0.480 e. The van der Waals surface area contributed by atoms with Gasteiger partial charge in [-0.2, -0.15) is 0 Å². The lowest BCUT2D eigenvalue weighted by Crippen LogP contribution is -2.40. The summed E-state index contributed by atoms with van der Waals surface area (Å²) in [6.07, 6.45) is 11.7. The fourth-order valence-corrected chi connectivity index (χ4v) is 3.45. The van der Waals surface area contributed by atoms with Crippen LogP contribution < -0.4 is 10.6 Å². The Bertz CT molecular complexity index is 714. The Morgan fingerprint density at radius 1 is 1.06 bits per heavy atom. The second-order valence-electron chi connectivity index (χ2n) is 7.70. The lowest BCUT2D eigenvalue weighted by molar-refractivity contribution is -0.384. The smallest absolute Gasteiger partial charge is 0.321 e. The van der Waals surface area contributed by atoms with E-state index in [2.05, 4.69) is 17.6 Å². The molecule has 0 aromatic heterocycles. The minimum absolute atomic E-state index is 0.0374. The summed E-state index contributed by atoms with van der Waals surface area (Å²) in [4.78, 5) is 33.9. The van der Waals surface area contributed by atoms with Crippen LogP contribution in [0.15, 0.2) is 18.2 Å². The number of carbonyl (C=O) groups is 2. The molecule has 1 aromatic rings. The lowest BCUT2D eigenvalue weighted by atomic mass is 10.1. The van der Waals surface area contributed by atoms with Gasteiger partial charge in [-0.3, -0.25) is 19.7 Å². The second kappa shape index (κ2) is 15.6. The quantitative estimate of drug-likeness (QED) is 0.161. The van der Waals surface area contributed by atoms with Crippen LogP contribution in [0.4, 0.5) is 11.4 Å². The summed E-state index contributed by atoms with van der Waals surface area (Å²) >= 11 is 5.75. The molecule has 1 unspecified atom stereocenters. The van der Waals surface area contributed by atoms with Crippen molar-refractivity contribution in [1.29, 1.82) is 0 Å². The molecule has 0 saturated carbocycles. The number of nitro benzene ring substituents is 1. The zero-order chi connectivity index (χ0) is 23.1. The molecule has 31 heavy (non-hydrogen) atoms. The highest BCUT2D eigenvalue weighted by Crippen LogP contribution is 2.27. The van der Waals surface area contributed by atoms with E-state index in [1.165, 1.54) is 57.1 Å². The first kappa shape index (κ1) is 26.8. The zero-order valence-corrected chi connectivity index (χ0v) is 19.0. The van der Waals surface area contributed by atoms with Crippen molar-refractivity contribution in [3.05, 3.63) is 33.3 Å². The highest BCUT2D eigenvalue weighted by molar-refractivity contribution is 6.32. The van der Waals surface area contributed by atoms with Crippen LogP contribution in [0.2, 0.25) is 5.02 Å². The van der Waals surface area contributed by atoms with Crippen LogP contribution in [-0.4, -0.2) is 34.5 Å². The van der Waals surface area contributed by atoms with Crippen molar-refractivity contribution in [3.63, 3.8) is 0 Å². The Kier molecular flexibility index (Phi) is 13.5. The third-order valence-electron chi connectivity index (χ3n) is 5.04. The number of unbranched alkanes of at least 4 members (excludes halogenated alkanes) is 9. The van der Waals surface area contributed by atoms with E-state index in [1.807, 2.05) is 0 Å². The molecule has 0 aliphatic heterocycles. The summed E-state index contributed by atoms with van der Waals surface area (Å²) in [5, 5.41) is 25.6. The van der Waals surface area contributed by atoms with E-state index in [9.17, 15) is 24.8 Å². The molecule has 1 atom stereocenters. The number of hydrogen-bond acceptors (Lipinski definition) is 5. The summed E-state index contributed by atoms with van der Waals surface area (Å²) < 4.78 is 0. The second-order valence-corrected chi connectivity index (χ2v) is 8.11. The van der Waals surface area contributed by atoms with Gasteiger partial charge in [-0.1, -0.05) is 76.3 Å². The van der Waals surface area contributed by atoms with Gasteiger partial charge in [0.2, 0.25) is 5.91 Å². The maximum absolute atomic E-state index is 12.2. The molecule has 3 N–H and O–H groups in total. The van der Waals surface area contributed by atoms with E-state index in [1.54, 1.807) is 0 Å². The fraction of sp³-hybridized carbons (Fsp3) is 0.636.